The zero-order valence-corrected chi connectivity index (χ0v) is 20.7. The van der Waals surface area contributed by atoms with Crippen LogP contribution in [0.5, 0.6) is 0 Å². The Hall–Kier alpha value is -1.90. The van der Waals surface area contributed by atoms with Gasteiger partial charge in [-0.15, -0.1) is 6.58 Å². The van der Waals surface area contributed by atoms with E-state index in [0.717, 1.165) is 44.9 Å². The Kier molecular flexibility index (Phi) is 7.46. The maximum Gasteiger partial charge on any atom is 0.306 e. The molecule has 0 bridgehead atoms. The second-order valence-corrected chi connectivity index (χ2v) is 11.3. The highest BCUT2D eigenvalue weighted by molar-refractivity contribution is 6.01. The van der Waals surface area contributed by atoms with Crippen LogP contribution in [0.1, 0.15) is 90.9 Å². The standard InChI is InChI=1S/C30H42O3/c1-4-5-6-7-8-9-10-11-12-28(32)33-27-16-15-25-24-14-13-22-21-23(31)17-19-29(22,2)26(24)18-20-30(25,27)3/h4,13-14,17,19,21,24-27H,1,5-12,15-16,18,20H2,2-3H3/t24-,25-,26-,27-,29-,30-/m0/s1. The zero-order valence-electron chi connectivity index (χ0n) is 20.7. The average Bonchev–Trinajstić information content (AvgIpc) is 3.12. The fourth-order valence-corrected chi connectivity index (χ4v) is 7.28. The van der Waals surface area contributed by atoms with Gasteiger partial charge in [-0.3, -0.25) is 9.59 Å². The highest BCUT2D eigenvalue weighted by Gasteiger charge is 2.58. The molecule has 0 aromatic heterocycles. The van der Waals surface area contributed by atoms with E-state index in [1.165, 1.54) is 31.3 Å². The molecule has 0 amide bonds. The number of hydrogen-bond donors (Lipinski definition) is 0. The quantitative estimate of drug-likeness (QED) is 0.199. The van der Waals surface area contributed by atoms with Gasteiger partial charge in [0.05, 0.1) is 0 Å². The molecule has 0 spiro atoms. The molecule has 0 saturated heterocycles. The molecule has 3 nitrogen and oxygen atoms in total. The van der Waals surface area contributed by atoms with Crippen LogP contribution in [0, 0.1) is 28.6 Å². The van der Waals surface area contributed by atoms with Gasteiger partial charge in [-0.1, -0.05) is 63.8 Å². The summed E-state index contributed by atoms with van der Waals surface area (Å²) >= 11 is 0. The van der Waals surface area contributed by atoms with E-state index in [4.69, 9.17) is 4.74 Å². The monoisotopic (exact) mass is 450 g/mol. The van der Waals surface area contributed by atoms with Crippen LogP contribution in [0.15, 0.2) is 48.6 Å². The molecule has 3 heteroatoms. The number of ketones is 1. The van der Waals surface area contributed by atoms with Gasteiger partial charge < -0.3 is 4.74 Å². The van der Waals surface area contributed by atoms with E-state index in [-0.39, 0.29) is 28.7 Å². The third-order valence-electron chi connectivity index (χ3n) is 9.34. The van der Waals surface area contributed by atoms with Crippen LogP contribution in [-0.4, -0.2) is 17.9 Å². The molecular weight excluding hydrogens is 408 g/mol. The molecule has 6 atom stereocenters. The van der Waals surface area contributed by atoms with Crippen LogP contribution in [-0.2, 0) is 14.3 Å². The molecule has 2 fully saturated rings. The molecule has 33 heavy (non-hydrogen) atoms. The third-order valence-corrected chi connectivity index (χ3v) is 9.34. The molecule has 0 N–H and O–H groups in total. The molecule has 0 unspecified atom stereocenters. The highest BCUT2D eigenvalue weighted by atomic mass is 16.5. The van der Waals surface area contributed by atoms with Crippen molar-refractivity contribution in [3.63, 3.8) is 0 Å². The summed E-state index contributed by atoms with van der Waals surface area (Å²) in [5, 5.41) is 0. The average molecular weight is 451 g/mol. The lowest BCUT2D eigenvalue weighted by atomic mass is 9.50. The van der Waals surface area contributed by atoms with Crippen molar-refractivity contribution in [2.24, 2.45) is 28.6 Å². The summed E-state index contributed by atoms with van der Waals surface area (Å²) in [6, 6.07) is 0. The predicted molar refractivity (Wildman–Crippen MR) is 134 cm³/mol. The largest absolute Gasteiger partial charge is 0.462 e. The maximum absolute atomic E-state index is 12.6. The molecule has 180 valence electrons. The SMILES string of the molecule is C=CCCCCCCCCC(=O)O[C@H]1CC[C@H]2[C@@H]3C=CC4=CC(=O)C=C[C@]4(C)[C@H]3CC[C@]12C. The molecule has 0 heterocycles. The smallest absolute Gasteiger partial charge is 0.306 e. The number of rotatable bonds is 10. The summed E-state index contributed by atoms with van der Waals surface area (Å²) in [5.41, 5.74) is 1.19. The van der Waals surface area contributed by atoms with Gasteiger partial charge in [0.2, 0.25) is 0 Å². The van der Waals surface area contributed by atoms with Crippen molar-refractivity contribution in [3.05, 3.63) is 48.6 Å². The first-order valence-electron chi connectivity index (χ1n) is 13.3. The molecule has 0 aromatic rings. The number of carbonyl (C=O) groups is 2. The number of carbonyl (C=O) groups excluding carboxylic acids is 2. The lowest BCUT2D eigenvalue weighted by molar-refractivity contribution is -0.158. The summed E-state index contributed by atoms with van der Waals surface area (Å²) in [4.78, 5) is 24.6. The fourth-order valence-electron chi connectivity index (χ4n) is 7.28. The van der Waals surface area contributed by atoms with Crippen LogP contribution in [0.3, 0.4) is 0 Å². The summed E-state index contributed by atoms with van der Waals surface area (Å²) < 4.78 is 6.12. The lowest BCUT2D eigenvalue weighted by Crippen LogP contribution is -2.49. The maximum atomic E-state index is 12.6. The normalized spacial score (nSPS) is 36.5. The Morgan fingerprint density at radius 1 is 1.06 bits per heavy atom. The molecule has 0 aliphatic heterocycles. The topological polar surface area (TPSA) is 43.4 Å². The van der Waals surface area contributed by atoms with Gasteiger partial charge in [0.25, 0.3) is 0 Å². The van der Waals surface area contributed by atoms with Gasteiger partial charge >= 0.3 is 5.97 Å². The second-order valence-electron chi connectivity index (χ2n) is 11.3. The van der Waals surface area contributed by atoms with E-state index in [1.54, 1.807) is 6.08 Å². The van der Waals surface area contributed by atoms with Crippen LogP contribution >= 0.6 is 0 Å². The van der Waals surface area contributed by atoms with Gasteiger partial charge in [-0.05, 0) is 80.4 Å². The molecular formula is C30H42O3. The van der Waals surface area contributed by atoms with E-state index >= 15 is 0 Å². The number of hydrogen-bond acceptors (Lipinski definition) is 3. The van der Waals surface area contributed by atoms with Gasteiger partial charge in [0.15, 0.2) is 5.78 Å². The van der Waals surface area contributed by atoms with Gasteiger partial charge in [0, 0.05) is 17.3 Å². The van der Waals surface area contributed by atoms with E-state index in [1.807, 2.05) is 12.2 Å². The highest BCUT2D eigenvalue weighted by Crippen LogP contribution is 2.63. The first kappa shape index (κ1) is 24.2. The summed E-state index contributed by atoms with van der Waals surface area (Å²) in [6.07, 6.45) is 25.3. The van der Waals surface area contributed by atoms with Crippen LogP contribution in [0.2, 0.25) is 0 Å². The third kappa shape index (κ3) is 4.84. The van der Waals surface area contributed by atoms with Crippen molar-refractivity contribution in [1.29, 1.82) is 0 Å². The molecule has 2 saturated carbocycles. The van der Waals surface area contributed by atoms with Crippen molar-refractivity contribution in [2.45, 2.75) is 97.0 Å². The second kappa shape index (κ2) is 10.2. The van der Waals surface area contributed by atoms with Crippen molar-refractivity contribution < 1.29 is 14.3 Å². The van der Waals surface area contributed by atoms with Gasteiger partial charge in [0.1, 0.15) is 6.10 Å². The van der Waals surface area contributed by atoms with Crippen molar-refractivity contribution in [3.8, 4) is 0 Å². The molecule has 4 aliphatic rings. The predicted octanol–water partition coefficient (Wildman–Crippen LogP) is 7.29. The van der Waals surface area contributed by atoms with Gasteiger partial charge in [-0.25, -0.2) is 0 Å². The first-order chi connectivity index (χ1) is 15.9. The number of unbranched alkanes of at least 4 members (excludes halogenated alkanes) is 6. The van der Waals surface area contributed by atoms with E-state index in [0.29, 0.717) is 24.2 Å². The molecule has 4 rings (SSSR count). The number of ether oxygens (including phenoxy) is 1. The Morgan fingerprint density at radius 2 is 1.82 bits per heavy atom. The van der Waals surface area contributed by atoms with Crippen molar-refractivity contribution >= 4 is 11.8 Å². The van der Waals surface area contributed by atoms with Crippen LogP contribution in [0.25, 0.3) is 0 Å². The van der Waals surface area contributed by atoms with E-state index in [9.17, 15) is 9.59 Å². The minimum atomic E-state index is -0.0465. The van der Waals surface area contributed by atoms with Crippen molar-refractivity contribution in [1.82, 2.24) is 0 Å². The van der Waals surface area contributed by atoms with Crippen LogP contribution in [0.4, 0.5) is 0 Å². The summed E-state index contributed by atoms with van der Waals surface area (Å²) in [5.74, 6) is 1.67. The first-order valence-corrected chi connectivity index (χ1v) is 13.3. The Balaban J connectivity index is 1.30. The minimum absolute atomic E-state index is 0.000694. The summed E-state index contributed by atoms with van der Waals surface area (Å²) in [7, 11) is 0. The van der Waals surface area contributed by atoms with E-state index in [2.05, 4.69) is 38.7 Å². The minimum Gasteiger partial charge on any atom is -0.462 e. The number of esters is 1. The Morgan fingerprint density at radius 3 is 2.61 bits per heavy atom. The Labute approximate surface area is 200 Å². The van der Waals surface area contributed by atoms with Crippen LogP contribution < -0.4 is 0 Å². The number of fused-ring (bicyclic) bond motifs is 5. The van der Waals surface area contributed by atoms with Crippen molar-refractivity contribution in [2.75, 3.05) is 0 Å². The molecule has 4 aliphatic carbocycles. The molecule has 0 aromatic carbocycles. The number of allylic oxidation sites excluding steroid dienone is 7. The summed E-state index contributed by atoms with van der Waals surface area (Å²) in [6.45, 7) is 8.44. The zero-order chi connectivity index (χ0) is 23.5. The Bertz CT molecular complexity index is 849. The van der Waals surface area contributed by atoms with E-state index < -0.39 is 0 Å². The van der Waals surface area contributed by atoms with Gasteiger partial charge in [-0.2, -0.15) is 0 Å². The molecule has 0 radical (unpaired) electrons. The fraction of sp³-hybridized carbons (Fsp3) is 0.667. The lowest BCUT2D eigenvalue weighted by Gasteiger charge is -2.54.